The third-order valence-corrected chi connectivity index (χ3v) is 4.20. The molecule has 5 nitrogen and oxygen atoms in total. The Labute approximate surface area is 146 Å². The van der Waals surface area contributed by atoms with Crippen molar-refractivity contribution in [2.75, 3.05) is 0 Å². The molecule has 24 heavy (non-hydrogen) atoms. The Kier molecular flexibility index (Phi) is 8.10. The maximum absolute atomic E-state index is 11.6. The average molecular weight is 345 g/mol. The third-order valence-electron chi connectivity index (χ3n) is 3.33. The molecule has 0 spiro atoms. The zero-order chi connectivity index (χ0) is 17.0. The summed E-state index contributed by atoms with van der Waals surface area (Å²) >= 11 is 1.44. The number of rotatable bonds is 10. The van der Waals surface area contributed by atoms with E-state index in [1.165, 1.54) is 37.2 Å². The van der Waals surface area contributed by atoms with Crippen LogP contribution in [0.15, 0.2) is 56.2 Å². The average Bonchev–Trinajstić information content (AvgIpc) is 3.03. The Bertz CT molecular complexity index is 641. The zero-order valence-electron chi connectivity index (χ0n) is 13.9. The molecular formula is C18H23N3O2S. The molecule has 2 aromatic heterocycles. The van der Waals surface area contributed by atoms with Crippen molar-refractivity contribution < 1.29 is 9.21 Å². The number of amides is 1. The van der Waals surface area contributed by atoms with Crippen LogP contribution in [0.5, 0.6) is 0 Å². The highest BCUT2D eigenvalue weighted by Gasteiger charge is 2.04. The summed E-state index contributed by atoms with van der Waals surface area (Å²) in [5.41, 5.74) is 2.53. The molecule has 1 N–H and O–H groups in total. The van der Waals surface area contributed by atoms with Gasteiger partial charge in [-0.1, -0.05) is 38.7 Å². The molecule has 0 saturated heterocycles. The number of carbonyl (C=O) groups is 1. The number of nitrogens with one attached hydrogen (secondary N) is 1. The quantitative estimate of drug-likeness (QED) is 0.387. The van der Waals surface area contributed by atoms with Crippen molar-refractivity contribution in [2.45, 2.75) is 55.6 Å². The molecule has 6 heteroatoms. The molecule has 0 bridgehead atoms. The van der Waals surface area contributed by atoms with E-state index in [-0.39, 0.29) is 5.91 Å². The molecule has 0 aliphatic heterocycles. The standard InChI is InChI=1S/C18H23N3O2S/c1-2-3-4-5-6-9-16(22)21-20-14-15-11-12-18(23-15)24-17-10-7-8-13-19-17/h7-8,10-14H,2-6,9H2,1H3,(H,21,22). The minimum atomic E-state index is -0.0580. The Morgan fingerprint density at radius 1 is 1.25 bits per heavy atom. The van der Waals surface area contributed by atoms with Gasteiger partial charge in [-0.15, -0.1) is 0 Å². The highest BCUT2D eigenvalue weighted by Crippen LogP contribution is 2.26. The molecule has 0 aliphatic carbocycles. The fourth-order valence-corrected chi connectivity index (χ4v) is 2.82. The fourth-order valence-electron chi connectivity index (χ4n) is 2.08. The van der Waals surface area contributed by atoms with Crippen LogP contribution in [0.4, 0.5) is 0 Å². The van der Waals surface area contributed by atoms with Crippen LogP contribution in [0.1, 0.15) is 51.2 Å². The van der Waals surface area contributed by atoms with E-state index in [4.69, 9.17) is 4.42 Å². The van der Waals surface area contributed by atoms with Crippen molar-refractivity contribution in [1.82, 2.24) is 10.4 Å². The molecule has 128 valence electrons. The summed E-state index contributed by atoms with van der Waals surface area (Å²) in [4.78, 5) is 15.9. The number of hydrogen-bond donors (Lipinski definition) is 1. The second-order valence-electron chi connectivity index (χ2n) is 5.38. The van der Waals surface area contributed by atoms with Crippen molar-refractivity contribution in [3.8, 4) is 0 Å². The second kappa shape index (κ2) is 10.6. The van der Waals surface area contributed by atoms with Gasteiger partial charge in [0, 0.05) is 12.6 Å². The smallest absolute Gasteiger partial charge is 0.240 e. The van der Waals surface area contributed by atoms with Gasteiger partial charge >= 0.3 is 0 Å². The maximum Gasteiger partial charge on any atom is 0.240 e. The summed E-state index contributed by atoms with van der Waals surface area (Å²) in [5.74, 6) is 0.536. The van der Waals surface area contributed by atoms with Gasteiger partial charge in [-0.2, -0.15) is 5.10 Å². The first-order valence-electron chi connectivity index (χ1n) is 8.28. The number of pyridine rings is 1. The van der Waals surface area contributed by atoms with E-state index in [0.29, 0.717) is 12.2 Å². The fraction of sp³-hybridized carbons (Fsp3) is 0.389. The first-order valence-corrected chi connectivity index (χ1v) is 9.10. The van der Waals surface area contributed by atoms with Gasteiger partial charge in [0.1, 0.15) is 10.8 Å². The summed E-state index contributed by atoms with van der Waals surface area (Å²) in [7, 11) is 0. The molecule has 0 atom stereocenters. The number of unbranched alkanes of at least 4 members (excludes halogenated alkanes) is 4. The lowest BCUT2D eigenvalue weighted by molar-refractivity contribution is -0.121. The molecule has 0 aliphatic rings. The van der Waals surface area contributed by atoms with E-state index in [1.807, 2.05) is 30.3 Å². The lowest BCUT2D eigenvalue weighted by Gasteiger charge is -1.99. The van der Waals surface area contributed by atoms with E-state index in [0.717, 1.165) is 23.0 Å². The number of nitrogens with zero attached hydrogens (tertiary/aromatic N) is 2. The van der Waals surface area contributed by atoms with Crippen molar-refractivity contribution in [1.29, 1.82) is 0 Å². The topological polar surface area (TPSA) is 67.5 Å². The lowest BCUT2D eigenvalue weighted by Crippen LogP contribution is -2.16. The zero-order valence-corrected chi connectivity index (χ0v) is 14.7. The number of carbonyl (C=O) groups excluding carboxylic acids is 1. The minimum absolute atomic E-state index is 0.0580. The van der Waals surface area contributed by atoms with E-state index in [2.05, 4.69) is 22.4 Å². The Balaban J connectivity index is 1.70. The molecular weight excluding hydrogens is 322 g/mol. The van der Waals surface area contributed by atoms with Crippen molar-refractivity contribution in [3.05, 3.63) is 42.3 Å². The molecule has 0 aromatic carbocycles. The molecule has 2 rings (SSSR count). The van der Waals surface area contributed by atoms with Crippen LogP contribution >= 0.6 is 11.8 Å². The van der Waals surface area contributed by atoms with E-state index in [9.17, 15) is 4.79 Å². The highest BCUT2D eigenvalue weighted by atomic mass is 32.2. The van der Waals surface area contributed by atoms with Crippen LogP contribution in [-0.4, -0.2) is 17.1 Å². The predicted octanol–water partition coefficient (Wildman–Crippen LogP) is 4.64. The molecule has 2 heterocycles. The van der Waals surface area contributed by atoms with Crippen LogP contribution in [0.2, 0.25) is 0 Å². The Morgan fingerprint density at radius 3 is 2.92 bits per heavy atom. The SMILES string of the molecule is CCCCCCCC(=O)NN=Cc1ccc(Sc2ccccn2)o1. The van der Waals surface area contributed by atoms with Crippen LogP contribution in [0.25, 0.3) is 0 Å². The van der Waals surface area contributed by atoms with Crippen LogP contribution in [0, 0.1) is 0 Å². The maximum atomic E-state index is 11.6. The van der Waals surface area contributed by atoms with Crippen LogP contribution < -0.4 is 5.43 Å². The molecule has 0 radical (unpaired) electrons. The van der Waals surface area contributed by atoms with Gasteiger partial charge in [0.05, 0.1) is 6.21 Å². The first-order chi connectivity index (χ1) is 11.8. The van der Waals surface area contributed by atoms with Gasteiger partial charge in [0.25, 0.3) is 0 Å². The second-order valence-corrected chi connectivity index (χ2v) is 6.41. The summed E-state index contributed by atoms with van der Waals surface area (Å²) in [6.45, 7) is 2.18. The van der Waals surface area contributed by atoms with Crippen LogP contribution in [0.3, 0.4) is 0 Å². The van der Waals surface area contributed by atoms with Crippen molar-refractivity contribution >= 4 is 23.9 Å². The van der Waals surface area contributed by atoms with Gasteiger partial charge < -0.3 is 4.42 Å². The van der Waals surface area contributed by atoms with Gasteiger partial charge in [-0.05, 0) is 42.4 Å². The third kappa shape index (κ3) is 7.00. The normalized spacial score (nSPS) is 11.0. The summed E-state index contributed by atoms with van der Waals surface area (Å²) in [5, 5.41) is 5.53. The van der Waals surface area contributed by atoms with Crippen molar-refractivity contribution in [2.24, 2.45) is 5.10 Å². The molecule has 0 fully saturated rings. The van der Waals surface area contributed by atoms with Crippen molar-refractivity contribution in [3.63, 3.8) is 0 Å². The Hall–Kier alpha value is -2.08. The highest BCUT2D eigenvalue weighted by molar-refractivity contribution is 7.99. The van der Waals surface area contributed by atoms with Crippen LogP contribution in [-0.2, 0) is 4.79 Å². The van der Waals surface area contributed by atoms with E-state index < -0.39 is 0 Å². The predicted molar refractivity (Wildman–Crippen MR) is 96.2 cm³/mol. The molecule has 0 saturated carbocycles. The number of furan rings is 1. The van der Waals surface area contributed by atoms with Gasteiger partial charge in [0.2, 0.25) is 5.91 Å². The minimum Gasteiger partial charge on any atom is -0.448 e. The molecule has 1 amide bonds. The number of aromatic nitrogens is 1. The van der Waals surface area contributed by atoms with E-state index >= 15 is 0 Å². The van der Waals surface area contributed by atoms with Gasteiger partial charge in [0.15, 0.2) is 5.09 Å². The lowest BCUT2D eigenvalue weighted by atomic mass is 10.1. The Morgan fingerprint density at radius 2 is 2.12 bits per heavy atom. The number of hydrazone groups is 1. The van der Waals surface area contributed by atoms with E-state index in [1.54, 1.807) is 6.20 Å². The molecule has 2 aromatic rings. The largest absolute Gasteiger partial charge is 0.448 e. The first kappa shape index (κ1) is 18.3. The number of hydrogen-bond acceptors (Lipinski definition) is 5. The monoisotopic (exact) mass is 345 g/mol. The van der Waals surface area contributed by atoms with Gasteiger partial charge in [-0.25, -0.2) is 10.4 Å². The molecule has 0 unspecified atom stereocenters. The van der Waals surface area contributed by atoms with Gasteiger partial charge in [-0.3, -0.25) is 4.79 Å². The summed E-state index contributed by atoms with van der Waals surface area (Å²) in [6.07, 6.45) is 9.40. The summed E-state index contributed by atoms with van der Waals surface area (Å²) in [6, 6.07) is 9.39. The summed E-state index contributed by atoms with van der Waals surface area (Å²) < 4.78 is 5.62.